The number of amides is 2. The molecule has 0 saturated carbocycles. The lowest BCUT2D eigenvalue weighted by Gasteiger charge is -2.20. The quantitative estimate of drug-likeness (QED) is 0.850. The number of nitrogens with zero attached hydrogens (tertiary/aromatic N) is 1. The van der Waals surface area contributed by atoms with Crippen molar-refractivity contribution in [1.82, 2.24) is 0 Å². The van der Waals surface area contributed by atoms with E-state index in [1.807, 2.05) is 0 Å². The lowest BCUT2D eigenvalue weighted by Crippen LogP contribution is -2.28. The summed E-state index contributed by atoms with van der Waals surface area (Å²) in [6.45, 7) is 1.27. The average Bonchev–Trinajstić information content (AvgIpc) is 3.09. The molecule has 2 amide bonds. The van der Waals surface area contributed by atoms with Crippen LogP contribution in [0.5, 0.6) is 17.2 Å². The maximum absolute atomic E-state index is 12.7. The van der Waals surface area contributed by atoms with Gasteiger partial charge in [-0.2, -0.15) is 0 Å². The molecule has 0 aliphatic carbocycles. The van der Waals surface area contributed by atoms with E-state index in [9.17, 15) is 9.59 Å². The Kier molecular flexibility index (Phi) is 5.00. The summed E-state index contributed by atoms with van der Waals surface area (Å²) in [6, 6.07) is 10.4. The smallest absolute Gasteiger partial charge is 0.229 e. The first kappa shape index (κ1) is 18.4. The summed E-state index contributed by atoms with van der Waals surface area (Å²) in [7, 11) is 1.53. The maximum Gasteiger partial charge on any atom is 0.229 e. The van der Waals surface area contributed by atoms with Gasteiger partial charge in [-0.05, 0) is 30.3 Å². The molecule has 8 heteroatoms. The number of carbonyl (C=O) groups is 2. The van der Waals surface area contributed by atoms with Crippen molar-refractivity contribution in [2.45, 2.75) is 6.42 Å². The van der Waals surface area contributed by atoms with Crippen LogP contribution in [0.1, 0.15) is 6.42 Å². The van der Waals surface area contributed by atoms with Gasteiger partial charge in [0.05, 0.1) is 18.1 Å². The normalized spacial score (nSPS) is 18.1. The maximum atomic E-state index is 12.7. The van der Waals surface area contributed by atoms with E-state index >= 15 is 0 Å². The van der Waals surface area contributed by atoms with Crippen LogP contribution in [0.15, 0.2) is 36.4 Å². The second-order valence-corrected chi connectivity index (χ2v) is 6.98. The zero-order valence-electron chi connectivity index (χ0n) is 15.2. The third-order valence-electron chi connectivity index (χ3n) is 4.75. The number of hydrogen-bond acceptors (Lipinski definition) is 5. The molecule has 28 heavy (non-hydrogen) atoms. The lowest BCUT2D eigenvalue weighted by atomic mass is 10.1. The first-order chi connectivity index (χ1) is 13.5. The van der Waals surface area contributed by atoms with Gasteiger partial charge in [-0.15, -0.1) is 0 Å². The zero-order chi connectivity index (χ0) is 19.7. The Bertz CT molecular complexity index is 933. The highest BCUT2D eigenvalue weighted by Gasteiger charge is 2.35. The van der Waals surface area contributed by atoms with Crippen molar-refractivity contribution < 1.29 is 23.8 Å². The van der Waals surface area contributed by atoms with E-state index in [-0.39, 0.29) is 24.8 Å². The minimum Gasteiger partial charge on any atom is -0.495 e. The van der Waals surface area contributed by atoms with Gasteiger partial charge in [-0.1, -0.05) is 11.6 Å². The van der Waals surface area contributed by atoms with Crippen LogP contribution in [0.3, 0.4) is 0 Å². The van der Waals surface area contributed by atoms with Crippen LogP contribution >= 0.6 is 11.6 Å². The van der Waals surface area contributed by atoms with E-state index in [0.717, 1.165) is 0 Å². The van der Waals surface area contributed by atoms with Crippen molar-refractivity contribution >= 4 is 34.8 Å². The second kappa shape index (κ2) is 7.59. The van der Waals surface area contributed by atoms with E-state index in [4.69, 9.17) is 25.8 Å². The summed E-state index contributed by atoms with van der Waals surface area (Å²) >= 11 is 6.16. The Morgan fingerprint density at radius 2 is 1.96 bits per heavy atom. The molecule has 1 atom stereocenters. The molecule has 0 spiro atoms. The average molecular weight is 403 g/mol. The molecule has 0 bridgehead atoms. The molecular formula is C20H19ClN2O5. The summed E-state index contributed by atoms with van der Waals surface area (Å²) < 4.78 is 16.1. The number of carbonyl (C=O) groups excluding carboxylic acids is 2. The van der Waals surface area contributed by atoms with Gasteiger partial charge in [0.2, 0.25) is 11.8 Å². The van der Waals surface area contributed by atoms with Crippen LogP contribution in [-0.2, 0) is 9.59 Å². The minimum absolute atomic E-state index is 0.122. The van der Waals surface area contributed by atoms with Gasteiger partial charge in [-0.3, -0.25) is 9.59 Å². The van der Waals surface area contributed by atoms with Gasteiger partial charge in [0.15, 0.2) is 11.5 Å². The molecule has 1 saturated heterocycles. The Balaban J connectivity index is 1.45. The van der Waals surface area contributed by atoms with Gasteiger partial charge < -0.3 is 24.4 Å². The monoisotopic (exact) mass is 402 g/mol. The van der Waals surface area contributed by atoms with Crippen molar-refractivity contribution in [3.8, 4) is 17.2 Å². The molecule has 2 aromatic carbocycles. The zero-order valence-corrected chi connectivity index (χ0v) is 16.0. The number of fused-ring (bicyclic) bond motifs is 1. The van der Waals surface area contributed by atoms with E-state index in [2.05, 4.69) is 5.32 Å². The highest BCUT2D eigenvalue weighted by atomic mass is 35.5. The minimum atomic E-state index is -0.457. The fraction of sp³-hybridized carbons (Fsp3) is 0.300. The van der Waals surface area contributed by atoms with Crippen LogP contribution in [0.2, 0.25) is 5.02 Å². The molecule has 2 aliphatic rings. The lowest BCUT2D eigenvalue weighted by molar-refractivity contribution is -0.122. The molecule has 4 rings (SSSR count). The molecule has 2 aromatic rings. The van der Waals surface area contributed by atoms with Gasteiger partial charge in [0.25, 0.3) is 0 Å². The predicted octanol–water partition coefficient (Wildman–Crippen LogP) is 3.11. The van der Waals surface area contributed by atoms with Crippen LogP contribution in [0, 0.1) is 5.92 Å². The van der Waals surface area contributed by atoms with E-state index in [0.29, 0.717) is 46.9 Å². The predicted molar refractivity (Wildman–Crippen MR) is 105 cm³/mol. The summed E-state index contributed by atoms with van der Waals surface area (Å²) in [5.74, 6) is 0.992. The standard InChI is InChI=1S/C20H19ClN2O5/c1-26-16-5-3-14(10-15(16)21)23-11-12(8-19(23)24)20(25)22-13-2-4-17-18(9-13)28-7-6-27-17/h2-5,9-10,12H,6-8,11H2,1H3,(H,22,25)/t12-/m0/s1. The molecule has 2 heterocycles. The van der Waals surface area contributed by atoms with Crippen molar-refractivity contribution in [2.24, 2.45) is 5.92 Å². The number of benzene rings is 2. The number of nitrogens with one attached hydrogen (secondary N) is 1. The number of hydrogen-bond donors (Lipinski definition) is 1. The van der Waals surface area contributed by atoms with Gasteiger partial charge in [0, 0.05) is 30.4 Å². The SMILES string of the molecule is COc1ccc(N2C[C@@H](C(=O)Nc3ccc4c(c3)OCCO4)CC2=O)cc1Cl. The fourth-order valence-electron chi connectivity index (χ4n) is 3.32. The Labute approximate surface area is 167 Å². The molecule has 0 unspecified atom stereocenters. The number of methoxy groups -OCH3 is 1. The molecule has 7 nitrogen and oxygen atoms in total. The van der Waals surface area contributed by atoms with Crippen LogP contribution in [0.4, 0.5) is 11.4 Å². The highest BCUT2D eigenvalue weighted by Crippen LogP contribution is 2.34. The summed E-state index contributed by atoms with van der Waals surface area (Å²) in [5, 5.41) is 3.27. The van der Waals surface area contributed by atoms with Gasteiger partial charge >= 0.3 is 0 Å². The molecule has 0 aromatic heterocycles. The fourth-order valence-corrected chi connectivity index (χ4v) is 3.57. The third-order valence-corrected chi connectivity index (χ3v) is 5.05. The van der Waals surface area contributed by atoms with E-state index in [1.54, 1.807) is 41.3 Å². The first-order valence-electron chi connectivity index (χ1n) is 8.89. The number of ether oxygens (including phenoxy) is 3. The Morgan fingerprint density at radius 1 is 1.18 bits per heavy atom. The summed E-state index contributed by atoms with van der Waals surface area (Å²) in [4.78, 5) is 26.7. The third kappa shape index (κ3) is 3.57. The molecule has 1 fully saturated rings. The van der Waals surface area contributed by atoms with Gasteiger partial charge in [0.1, 0.15) is 19.0 Å². The topological polar surface area (TPSA) is 77.1 Å². The van der Waals surface area contributed by atoms with Crippen LogP contribution in [-0.4, -0.2) is 38.7 Å². The molecule has 1 N–H and O–H groups in total. The van der Waals surface area contributed by atoms with E-state index < -0.39 is 5.92 Å². The van der Waals surface area contributed by atoms with Crippen molar-refractivity contribution in [3.63, 3.8) is 0 Å². The summed E-state index contributed by atoms with van der Waals surface area (Å²) in [6.07, 6.45) is 0.139. The summed E-state index contributed by atoms with van der Waals surface area (Å²) in [5.41, 5.74) is 1.25. The van der Waals surface area contributed by atoms with Crippen molar-refractivity contribution in [1.29, 1.82) is 0 Å². The number of halogens is 1. The Hall–Kier alpha value is -2.93. The molecular weight excluding hydrogens is 384 g/mol. The van der Waals surface area contributed by atoms with Crippen LogP contribution < -0.4 is 24.4 Å². The van der Waals surface area contributed by atoms with Gasteiger partial charge in [-0.25, -0.2) is 0 Å². The van der Waals surface area contributed by atoms with Crippen molar-refractivity contribution in [2.75, 3.05) is 37.1 Å². The first-order valence-corrected chi connectivity index (χ1v) is 9.27. The van der Waals surface area contributed by atoms with Crippen LogP contribution in [0.25, 0.3) is 0 Å². The second-order valence-electron chi connectivity index (χ2n) is 6.57. The van der Waals surface area contributed by atoms with Crippen molar-refractivity contribution in [3.05, 3.63) is 41.4 Å². The number of rotatable bonds is 4. The molecule has 146 valence electrons. The molecule has 0 radical (unpaired) electrons. The highest BCUT2D eigenvalue weighted by molar-refractivity contribution is 6.32. The molecule has 2 aliphatic heterocycles. The number of anilines is 2. The Morgan fingerprint density at radius 3 is 2.71 bits per heavy atom. The van der Waals surface area contributed by atoms with E-state index in [1.165, 1.54) is 7.11 Å². The largest absolute Gasteiger partial charge is 0.495 e.